The highest BCUT2D eigenvalue weighted by Crippen LogP contribution is 2.34. The minimum atomic E-state index is 0.0162. The highest BCUT2D eigenvalue weighted by atomic mass is 16.5. The molecular formula is C16H26N4O2. The average Bonchev–Trinajstić information content (AvgIpc) is 2.62. The molecule has 1 aromatic rings. The lowest BCUT2D eigenvalue weighted by molar-refractivity contribution is 0.101. The van der Waals surface area contributed by atoms with Gasteiger partial charge in [0.1, 0.15) is 18.0 Å². The standard InChI is InChI=1S/C16H26N4O2/c1-2-16(12-21)4-3-5-20(11-16)15-10-14(17-13-18-15)19-6-8-22-9-7-19/h10,13,21H,2-9,11-12H2,1H3. The number of ether oxygens (including phenoxy) is 1. The van der Waals surface area contributed by atoms with E-state index in [1.54, 1.807) is 6.33 Å². The number of aromatic nitrogens is 2. The van der Waals surface area contributed by atoms with Gasteiger partial charge in [-0.05, 0) is 19.3 Å². The molecule has 2 aliphatic rings. The van der Waals surface area contributed by atoms with E-state index < -0.39 is 0 Å². The van der Waals surface area contributed by atoms with E-state index in [2.05, 4.69) is 32.8 Å². The fourth-order valence-corrected chi connectivity index (χ4v) is 3.41. The molecular weight excluding hydrogens is 280 g/mol. The maximum absolute atomic E-state index is 9.78. The number of aliphatic hydroxyl groups excluding tert-OH is 1. The topological polar surface area (TPSA) is 61.7 Å². The van der Waals surface area contributed by atoms with Crippen LogP contribution >= 0.6 is 0 Å². The Bertz CT molecular complexity index is 487. The van der Waals surface area contributed by atoms with Gasteiger partial charge < -0.3 is 19.6 Å². The molecule has 22 heavy (non-hydrogen) atoms. The Morgan fingerprint density at radius 1 is 1.18 bits per heavy atom. The quantitative estimate of drug-likeness (QED) is 0.905. The summed E-state index contributed by atoms with van der Waals surface area (Å²) in [6.07, 6.45) is 4.85. The molecule has 1 unspecified atom stereocenters. The number of hydrogen-bond donors (Lipinski definition) is 1. The summed E-state index contributed by atoms with van der Waals surface area (Å²) in [4.78, 5) is 13.4. The molecule has 6 nitrogen and oxygen atoms in total. The number of hydrogen-bond acceptors (Lipinski definition) is 6. The van der Waals surface area contributed by atoms with Crippen LogP contribution in [-0.4, -0.2) is 61.1 Å². The van der Waals surface area contributed by atoms with Gasteiger partial charge in [0, 0.05) is 37.7 Å². The minimum absolute atomic E-state index is 0.0162. The molecule has 0 spiro atoms. The second kappa shape index (κ2) is 6.79. The van der Waals surface area contributed by atoms with E-state index in [1.807, 2.05) is 0 Å². The molecule has 2 aliphatic heterocycles. The highest BCUT2D eigenvalue weighted by Gasteiger charge is 2.34. The van der Waals surface area contributed by atoms with Crippen molar-refractivity contribution < 1.29 is 9.84 Å². The predicted molar refractivity (Wildman–Crippen MR) is 86.3 cm³/mol. The highest BCUT2D eigenvalue weighted by molar-refractivity contribution is 5.50. The van der Waals surface area contributed by atoms with Crippen LogP contribution in [0.15, 0.2) is 12.4 Å². The van der Waals surface area contributed by atoms with Crippen LogP contribution in [-0.2, 0) is 4.74 Å². The van der Waals surface area contributed by atoms with Crippen LogP contribution in [0.1, 0.15) is 26.2 Å². The molecule has 0 amide bonds. The molecule has 2 saturated heterocycles. The Morgan fingerprint density at radius 3 is 2.59 bits per heavy atom. The van der Waals surface area contributed by atoms with Crippen molar-refractivity contribution in [2.24, 2.45) is 5.41 Å². The second-order valence-electron chi connectivity index (χ2n) is 6.37. The Balaban J connectivity index is 1.76. The number of nitrogens with zero attached hydrogens (tertiary/aromatic N) is 4. The number of piperidine rings is 1. The number of rotatable bonds is 4. The third kappa shape index (κ3) is 3.17. The Hall–Kier alpha value is -1.40. The van der Waals surface area contributed by atoms with Gasteiger partial charge in [0.05, 0.1) is 19.8 Å². The first kappa shape index (κ1) is 15.5. The Labute approximate surface area is 132 Å². The van der Waals surface area contributed by atoms with Crippen molar-refractivity contribution in [1.82, 2.24) is 9.97 Å². The zero-order chi connectivity index (χ0) is 15.4. The lowest BCUT2D eigenvalue weighted by Gasteiger charge is -2.42. The molecule has 0 bridgehead atoms. The van der Waals surface area contributed by atoms with Gasteiger partial charge in [0.15, 0.2) is 0 Å². The number of aliphatic hydroxyl groups is 1. The van der Waals surface area contributed by atoms with Gasteiger partial charge in [-0.15, -0.1) is 0 Å². The SMILES string of the molecule is CCC1(CO)CCCN(c2cc(N3CCOCC3)ncn2)C1. The molecule has 3 heterocycles. The summed E-state index contributed by atoms with van der Waals surface area (Å²) >= 11 is 0. The first-order valence-electron chi connectivity index (χ1n) is 8.27. The van der Waals surface area contributed by atoms with Crippen molar-refractivity contribution in [3.63, 3.8) is 0 Å². The van der Waals surface area contributed by atoms with E-state index in [1.165, 1.54) is 0 Å². The summed E-state index contributed by atoms with van der Waals surface area (Å²) in [5.41, 5.74) is 0.0162. The molecule has 0 saturated carbocycles. The molecule has 0 aliphatic carbocycles. The fraction of sp³-hybridized carbons (Fsp3) is 0.750. The van der Waals surface area contributed by atoms with Crippen molar-refractivity contribution in [1.29, 1.82) is 0 Å². The normalized spacial score (nSPS) is 26.3. The largest absolute Gasteiger partial charge is 0.396 e. The summed E-state index contributed by atoms with van der Waals surface area (Å²) in [6.45, 7) is 7.57. The molecule has 0 aromatic carbocycles. The molecule has 2 fully saturated rings. The van der Waals surface area contributed by atoms with Gasteiger partial charge >= 0.3 is 0 Å². The second-order valence-corrected chi connectivity index (χ2v) is 6.37. The number of anilines is 2. The molecule has 1 aromatic heterocycles. The number of morpholine rings is 1. The molecule has 1 atom stereocenters. The van der Waals surface area contributed by atoms with Crippen LogP contribution in [0.5, 0.6) is 0 Å². The molecule has 6 heteroatoms. The Kier molecular flexibility index (Phi) is 4.78. The Morgan fingerprint density at radius 2 is 1.91 bits per heavy atom. The third-order valence-corrected chi connectivity index (χ3v) is 5.04. The molecule has 0 radical (unpaired) electrons. The van der Waals surface area contributed by atoms with Crippen LogP contribution in [0.4, 0.5) is 11.6 Å². The van der Waals surface area contributed by atoms with E-state index in [9.17, 15) is 5.11 Å². The van der Waals surface area contributed by atoms with Gasteiger partial charge in [-0.3, -0.25) is 0 Å². The smallest absolute Gasteiger partial charge is 0.134 e. The first-order chi connectivity index (χ1) is 10.8. The summed E-state index contributed by atoms with van der Waals surface area (Å²) in [6, 6.07) is 2.08. The van der Waals surface area contributed by atoms with Crippen LogP contribution in [0.3, 0.4) is 0 Å². The molecule has 3 rings (SSSR count). The van der Waals surface area contributed by atoms with E-state index in [4.69, 9.17) is 4.74 Å². The van der Waals surface area contributed by atoms with Crippen molar-refractivity contribution in [3.8, 4) is 0 Å². The average molecular weight is 306 g/mol. The zero-order valence-electron chi connectivity index (χ0n) is 13.4. The maximum Gasteiger partial charge on any atom is 0.134 e. The van der Waals surface area contributed by atoms with Crippen LogP contribution in [0.25, 0.3) is 0 Å². The van der Waals surface area contributed by atoms with Crippen molar-refractivity contribution in [3.05, 3.63) is 12.4 Å². The van der Waals surface area contributed by atoms with Gasteiger partial charge in [0.2, 0.25) is 0 Å². The monoisotopic (exact) mass is 306 g/mol. The predicted octanol–water partition coefficient (Wildman–Crippen LogP) is 1.30. The first-order valence-corrected chi connectivity index (χ1v) is 8.27. The van der Waals surface area contributed by atoms with E-state index in [0.717, 1.165) is 70.3 Å². The maximum atomic E-state index is 9.78. The van der Waals surface area contributed by atoms with Gasteiger partial charge in [-0.1, -0.05) is 6.92 Å². The summed E-state index contributed by atoms with van der Waals surface area (Å²) in [5.74, 6) is 1.95. The fourth-order valence-electron chi connectivity index (χ4n) is 3.41. The van der Waals surface area contributed by atoms with E-state index in [-0.39, 0.29) is 12.0 Å². The van der Waals surface area contributed by atoms with Crippen molar-refractivity contribution in [2.45, 2.75) is 26.2 Å². The van der Waals surface area contributed by atoms with Crippen LogP contribution < -0.4 is 9.80 Å². The summed E-state index contributed by atoms with van der Waals surface area (Å²) < 4.78 is 5.40. The lowest BCUT2D eigenvalue weighted by atomic mass is 9.78. The summed E-state index contributed by atoms with van der Waals surface area (Å²) in [7, 11) is 0. The molecule has 122 valence electrons. The van der Waals surface area contributed by atoms with Crippen molar-refractivity contribution in [2.75, 3.05) is 55.8 Å². The molecule has 1 N–H and O–H groups in total. The van der Waals surface area contributed by atoms with Gasteiger partial charge in [-0.25, -0.2) is 9.97 Å². The lowest BCUT2D eigenvalue weighted by Crippen LogP contribution is -2.45. The zero-order valence-corrected chi connectivity index (χ0v) is 13.4. The van der Waals surface area contributed by atoms with E-state index >= 15 is 0 Å². The summed E-state index contributed by atoms with van der Waals surface area (Å²) in [5, 5.41) is 9.78. The third-order valence-electron chi connectivity index (χ3n) is 5.04. The van der Waals surface area contributed by atoms with E-state index in [0.29, 0.717) is 0 Å². The van der Waals surface area contributed by atoms with Crippen LogP contribution in [0, 0.1) is 5.41 Å². The van der Waals surface area contributed by atoms with Gasteiger partial charge in [0.25, 0.3) is 0 Å². The van der Waals surface area contributed by atoms with Crippen molar-refractivity contribution >= 4 is 11.6 Å². The van der Waals surface area contributed by atoms with Gasteiger partial charge in [-0.2, -0.15) is 0 Å². The minimum Gasteiger partial charge on any atom is -0.396 e. The van der Waals surface area contributed by atoms with Crippen LogP contribution in [0.2, 0.25) is 0 Å².